The Morgan fingerprint density at radius 3 is 2.38 bits per heavy atom. The summed E-state index contributed by atoms with van der Waals surface area (Å²) in [5, 5.41) is 7.26. The van der Waals surface area contributed by atoms with Crippen molar-refractivity contribution in [2.45, 2.75) is 54.7 Å². The highest BCUT2D eigenvalue weighted by atomic mass is 32.2. The summed E-state index contributed by atoms with van der Waals surface area (Å²) in [6.07, 6.45) is 15.1. The number of nitrogens with one attached hydrogen (secondary N) is 1. The second-order valence-electron chi connectivity index (χ2n) is 11.9. The van der Waals surface area contributed by atoms with Gasteiger partial charge in [-0.15, -0.1) is 0 Å². The number of hydrogen-bond acceptors (Lipinski definition) is 3. The molecule has 2 heterocycles. The van der Waals surface area contributed by atoms with Crippen LogP contribution >= 0.6 is 23.5 Å². The van der Waals surface area contributed by atoms with Crippen LogP contribution in [0.15, 0.2) is 129 Å². The molecule has 2 aliphatic carbocycles. The fourth-order valence-corrected chi connectivity index (χ4v) is 10.1. The summed E-state index contributed by atoms with van der Waals surface area (Å²) in [7, 11) is 0. The van der Waals surface area contributed by atoms with Gasteiger partial charge in [0.2, 0.25) is 0 Å². The van der Waals surface area contributed by atoms with Crippen LogP contribution in [0.25, 0.3) is 21.5 Å². The first-order chi connectivity index (χ1) is 20.7. The van der Waals surface area contributed by atoms with Gasteiger partial charge in [0, 0.05) is 22.2 Å². The molecule has 4 heteroatoms. The predicted octanol–water partition coefficient (Wildman–Crippen LogP) is 9.42. The van der Waals surface area contributed by atoms with Crippen molar-refractivity contribution in [2.75, 3.05) is 18.0 Å². The van der Waals surface area contributed by atoms with E-state index in [1.807, 2.05) is 11.8 Å². The molecular weight excluding hydrogens is 549 g/mol. The summed E-state index contributed by atoms with van der Waals surface area (Å²) in [6, 6.07) is 26.9. The third kappa shape index (κ3) is 4.47. The zero-order chi connectivity index (χ0) is 28.2. The molecule has 0 radical (unpaired) electrons. The molecule has 0 saturated heterocycles. The summed E-state index contributed by atoms with van der Waals surface area (Å²) in [4.78, 5) is 6.94. The standard InChI is InChI=1S/C38H36N2S2/c1-3-39-35(41-33-19-17-28-9-5-7-11-31(28)37(33)39)23-25-13-15-27-16-14-26(22-30(27)21-25)24-36-40(4-2)38-32-12-8-6-10-29(32)18-20-34(38)42-36/h5-12,17-24,27,35H,3-4,13-16H2,1-2H3/p+1/b25-23+,36-24-. The van der Waals surface area contributed by atoms with Crippen LogP contribution in [0.2, 0.25) is 0 Å². The second kappa shape index (κ2) is 10.8. The first-order valence-corrected chi connectivity index (χ1v) is 17.3. The minimum Gasteiger partial charge on any atom is -0.335 e. The molecule has 4 aromatic carbocycles. The lowest BCUT2D eigenvalue weighted by Gasteiger charge is -2.29. The number of quaternary nitrogens is 1. The van der Waals surface area contributed by atoms with Crippen LogP contribution in [-0.4, -0.2) is 18.5 Å². The monoisotopic (exact) mass is 585 g/mol. The molecule has 2 aliphatic heterocycles. The number of thioether (sulfide) groups is 2. The molecule has 0 saturated carbocycles. The van der Waals surface area contributed by atoms with Gasteiger partial charge in [0.25, 0.3) is 0 Å². The summed E-state index contributed by atoms with van der Waals surface area (Å²) in [5.74, 6) is 0.705. The van der Waals surface area contributed by atoms with E-state index in [0.717, 1.165) is 13.1 Å². The largest absolute Gasteiger partial charge is 0.335 e. The summed E-state index contributed by atoms with van der Waals surface area (Å²) in [5.41, 5.74) is 7.43. The molecule has 0 spiro atoms. The lowest BCUT2D eigenvalue weighted by atomic mass is 9.77. The quantitative estimate of drug-likeness (QED) is 0.255. The van der Waals surface area contributed by atoms with Gasteiger partial charge < -0.3 is 4.90 Å². The molecule has 8 rings (SSSR count). The van der Waals surface area contributed by atoms with Crippen molar-refractivity contribution in [3.63, 3.8) is 0 Å². The molecule has 3 unspecified atom stereocenters. The number of allylic oxidation sites excluding steroid dienone is 6. The molecule has 4 aliphatic rings. The Balaban J connectivity index is 1.09. The summed E-state index contributed by atoms with van der Waals surface area (Å²) in [6.45, 7) is 6.70. The molecule has 0 amide bonds. The van der Waals surface area contributed by atoms with Gasteiger partial charge >= 0.3 is 0 Å². The maximum atomic E-state index is 2.59. The molecule has 210 valence electrons. The van der Waals surface area contributed by atoms with E-state index in [4.69, 9.17) is 0 Å². The van der Waals surface area contributed by atoms with Crippen molar-refractivity contribution in [1.82, 2.24) is 0 Å². The molecule has 0 aromatic heterocycles. The first-order valence-electron chi connectivity index (χ1n) is 15.6. The van der Waals surface area contributed by atoms with Crippen LogP contribution in [0.1, 0.15) is 39.5 Å². The molecular formula is C38H37N2S2+. The smallest absolute Gasteiger partial charge is 0.163 e. The minimum absolute atomic E-state index is 0.440. The topological polar surface area (TPSA) is 7.68 Å². The highest BCUT2D eigenvalue weighted by Gasteiger charge is 2.35. The lowest BCUT2D eigenvalue weighted by molar-refractivity contribution is -0.831. The van der Waals surface area contributed by atoms with E-state index < -0.39 is 0 Å². The summed E-state index contributed by atoms with van der Waals surface area (Å²) >= 11 is 3.99. The van der Waals surface area contributed by atoms with Crippen molar-refractivity contribution >= 4 is 56.4 Å². The van der Waals surface area contributed by atoms with Gasteiger partial charge in [0.05, 0.1) is 22.2 Å². The number of fused-ring (bicyclic) bond motifs is 7. The molecule has 42 heavy (non-hydrogen) atoms. The van der Waals surface area contributed by atoms with Gasteiger partial charge in [-0.25, -0.2) is 0 Å². The zero-order valence-electron chi connectivity index (χ0n) is 24.4. The number of anilines is 1. The van der Waals surface area contributed by atoms with Gasteiger partial charge in [0.15, 0.2) is 11.1 Å². The molecule has 1 N–H and O–H groups in total. The van der Waals surface area contributed by atoms with Gasteiger partial charge in [-0.05, 0) is 103 Å². The van der Waals surface area contributed by atoms with Gasteiger partial charge in [-0.3, -0.25) is 4.90 Å². The predicted molar refractivity (Wildman–Crippen MR) is 182 cm³/mol. The van der Waals surface area contributed by atoms with Crippen molar-refractivity contribution in [3.05, 3.63) is 119 Å². The molecule has 3 atom stereocenters. The van der Waals surface area contributed by atoms with E-state index in [2.05, 4.69) is 128 Å². The first kappa shape index (κ1) is 26.4. The average molecular weight is 586 g/mol. The van der Waals surface area contributed by atoms with Crippen molar-refractivity contribution in [1.29, 1.82) is 0 Å². The number of likely N-dealkylation sites (N-methyl/N-ethyl adjacent to an activating group) is 1. The second-order valence-corrected chi connectivity index (χ2v) is 14.2. The Kier molecular flexibility index (Phi) is 6.82. The normalized spacial score (nSPS) is 25.1. The van der Waals surface area contributed by atoms with Gasteiger partial charge in [-0.2, -0.15) is 0 Å². The van der Waals surface area contributed by atoms with Crippen LogP contribution < -0.4 is 9.80 Å². The van der Waals surface area contributed by atoms with Crippen molar-refractivity contribution in [2.24, 2.45) is 5.92 Å². The van der Waals surface area contributed by atoms with E-state index in [1.165, 1.54) is 84.6 Å². The fourth-order valence-electron chi connectivity index (χ4n) is 7.45. The Bertz CT molecular complexity index is 1850. The van der Waals surface area contributed by atoms with E-state index in [1.54, 1.807) is 10.5 Å². The minimum atomic E-state index is 0.440. The third-order valence-corrected chi connectivity index (χ3v) is 11.9. The van der Waals surface area contributed by atoms with Crippen molar-refractivity contribution in [3.8, 4) is 0 Å². The molecule has 0 fully saturated rings. The van der Waals surface area contributed by atoms with E-state index in [9.17, 15) is 0 Å². The van der Waals surface area contributed by atoms with E-state index in [-0.39, 0.29) is 0 Å². The Morgan fingerprint density at radius 1 is 0.833 bits per heavy atom. The van der Waals surface area contributed by atoms with Crippen LogP contribution in [0.3, 0.4) is 0 Å². The Hall–Kier alpha value is -3.18. The third-order valence-electron chi connectivity index (χ3n) is 9.53. The Labute approximate surface area is 257 Å². The number of hydrogen-bond donors (Lipinski definition) is 1. The van der Waals surface area contributed by atoms with Crippen LogP contribution in [-0.2, 0) is 0 Å². The lowest BCUT2D eigenvalue weighted by Crippen LogP contribution is -3.08. The summed E-state index contributed by atoms with van der Waals surface area (Å²) < 4.78 is 0. The fraction of sp³-hybridized carbons (Fsp3) is 0.263. The van der Waals surface area contributed by atoms with Crippen LogP contribution in [0.5, 0.6) is 0 Å². The molecule has 2 nitrogen and oxygen atoms in total. The number of nitrogens with zero attached hydrogens (tertiary/aromatic N) is 1. The molecule has 0 bridgehead atoms. The zero-order valence-corrected chi connectivity index (χ0v) is 26.0. The van der Waals surface area contributed by atoms with Gasteiger partial charge in [-0.1, -0.05) is 90.3 Å². The highest BCUT2D eigenvalue weighted by Crippen LogP contribution is 2.50. The van der Waals surface area contributed by atoms with E-state index >= 15 is 0 Å². The maximum absolute atomic E-state index is 2.59. The van der Waals surface area contributed by atoms with E-state index in [0.29, 0.717) is 11.3 Å². The van der Waals surface area contributed by atoms with Gasteiger partial charge in [0.1, 0.15) is 0 Å². The van der Waals surface area contributed by atoms with Crippen LogP contribution in [0.4, 0.5) is 11.4 Å². The average Bonchev–Trinajstić information content (AvgIpc) is 3.58. The molecule has 4 aromatic rings. The maximum Gasteiger partial charge on any atom is 0.163 e. The highest BCUT2D eigenvalue weighted by molar-refractivity contribution is 8.03. The van der Waals surface area contributed by atoms with Crippen molar-refractivity contribution < 1.29 is 4.90 Å². The Morgan fingerprint density at radius 2 is 1.57 bits per heavy atom. The number of rotatable bonds is 4. The number of benzene rings is 4. The van der Waals surface area contributed by atoms with Crippen LogP contribution in [0, 0.1) is 5.92 Å². The SMILES string of the molecule is CCN1/C(=C/C2=CC3=C/C(=C/C4Sc5ccc6ccccc6c5[NH+]4CC)CCC3CC2)Sc2ccc3ccccc3c21.